The Bertz CT molecular complexity index is 246. The monoisotopic (exact) mass is 253 g/mol. The van der Waals surface area contributed by atoms with E-state index < -0.39 is 0 Å². The lowest BCUT2D eigenvalue weighted by Gasteiger charge is -2.26. The Morgan fingerprint density at radius 1 is 1.39 bits per heavy atom. The van der Waals surface area contributed by atoms with Gasteiger partial charge in [0.25, 0.3) is 0 Å². The molecule has 1 aliphatic heterocycles. The zero-order chi connectivity index (χ0) is 13.5. The van der Waals surface area contributed by atoms with Gasteiger partial charge in [-0.2, -0.15) is 0 Å². The van der Waals surface area contributed by atoms with Crippen molar-refractivity contribution in [1.82, 2.24) is 15.1 Å². The van der Waals surface area contributed by atoms with Crippen molar-refractivity contribution in [3.8, 4) is 0 Å². The fourth-order valence-corrected chi connectivity index (χ4v) is 2.71. The molecule has 1 fully saturated rings. The first kappa shape index (κ1) is 15.7. The van der Waals surface area contributed by atoms with Crippen LogP contribution in [0.5, 0.6) is 0 Å². The molecule has 1 heterocycles. The number of likely N-dealkylation sites (N-methyl/N-ethyl adjacent to an activating group) is 1. The van der Waals surface area contributed by atoms with Crippen LogP contribution < -0.4 is 5.32 Å². The molecular weight excluding hydrogens is 222 g/mol. The maximum atomic E-state index is 4.18. The zero-order valence-electron chi connectivity index (χ0n) is 12.7. The van der Waals surface area contributed by atoms with Gasteiger partial charge in [-0.1, -0.05) is 34.3 Å². The Hall–Kier alpha value is -0.380. The molecule has 3 heteroatoms. The highest BCUT2D eigenvalue weighted by atomic mass is 15.2. The Labute approximate surface area is 113 Å². The fourth-order valence-electron chi connectivity index (χ4n) is 2.71. The van der Waals surface area contributed by atoms with Crippen molar-refractivity contribution in [1.29, 1.82) is 0 Å². The lowest BCUT2D eigenvalue weighted by molar-refractivity contribution is 0.214. The Kier molecular flexibility index (Phi) is 6.90. The molecule has 106 valence electrons. The third-order valence-electron chi connectivity index (χ3n) is 3.78. The van der Waals surface area contributed by atoms with Crippen molar-refractivity contribution >= 4 is 0 Å². The Morgan fingerprint density at radius 3 is 2.61 bits per heavy atom. The molecule has 0 bridgehead atoms. The summed E-state index contributed by atoms with van der Waals surface area (Å²) in [5.74, 6) is 0. The van der Waals surface area contributed by atoms with E-state index in [0.717, 1.165) is 19.1 Å². The van der Waals surface area contributed by atoms with Crippen molar-refractivity contribution in [2.45, 2.75) is 46.2 Å². The van der Waals surface area contributed by atoms with Crippen molar-refractivity contribution in [3.05, 3.63) is 12.2 Å². The molecule has 18 heavy (non-hydrogen) atoms. The van der Waals surface area contributed by atoms with Crippen LogP contribution in [0, 0.1) is 0 Å². The SMILES string of the molecule is C=C(CNC(C)C)CN1CCC(N(CC)CC)C1. The minimum absolute atomic E-state index is 0.545. The minimum atomic E-state index is 0.545. The van der Waals surface area contributed by atoms with Gasteiger partial charge in [0, 0.05) is 38.3 Å². The summed E-state index contributed by atoms with van der Waals surface area (Å²) in [7, 11) is 0. The summed E-state index contributed by atoms with van der Waals surface area (Å²) in [4.78, 5) is 5.13. The maximum Gasteiger partial charge on any atom is 0.0235 e. The predicted octanol–water partition coefficient (Wildman–Crippen LogP) is 1.96. The molecular formula is C15H31N3. The molecule has 0 amide bonds. The van der Waals surface area contributed by atoms with E-state index in [1.165, 1.54) is 38.2 Å². The molecule has 1 atom stereocenters. The molecule has 0 aromatic carbocycles. The van der Waals surface area contributed by atoms with Crippen molar-refractivity contribution < 1.29 is 0 Å². The molecule has 0 aromatic heterocycles. The van der Waals surface area contributed by atoms with E-state index in [-0.39, 0.29) is 0 Å². The van der Waals surface area contributed by atoms with Gasteiger partial charge in [0.2, 0.25) is 0 Å². The fraction of sp³-hybridized carbons (Fsp3) is 0.867. The number of likely N-dealkylation sites (tertiary alicyclic amines) is 1. The van der Waals surface area contributed by atoms with Crippen LogP contribution >= 0.6 is 0 Å². The average Bonchev–Trinajstić information content (AvgIpc) is 2.76. The van der Waals surface area contributed by atoms with Crippen molar-refractivity contribution in [2.24, 2.45) is 0 Å². The number of rotatable bonds is 8. The molecule has 0 spiro atoms. The third-order valence-corrected chi connectivity index (χ3v) is 3.78. The van der Waals surface area contributed by atoms with Crippen LogP contribution in [0.4, 0.5) is 0 Å². The second-order valence-corrected chi connectivity index (χ2v) is 5.68. The van der Waals surface area contributed by atoms with Crippen molar-refractivity contribution in [2.75, 3.05) is 39.3 Å². The van der Waals surface area contributed by atoms with Crippen LogP contribution in [0.1, 0.15) is 34.1 Å². The molecule has 1 N–H and O–H groups in total. The van der Waals surface area contributed by atoms with Gasteiger partial charge in [-0.15, -0.1) is 0 Å². The summed E-state index contributed by atoms with van der Waals surface area (Å²) in [6, 6.07) is 1.30. The first-order valence-electron chi connectivity index (χ1n) is 7.43. The topological polar surface area (TPSA) is 18.5 Å². The van der Waals surface area contributed by atoms with E-state index in [1.807, 2.05) is 0 Å². The summed E-state index contributed by atoms with van der Waals surface area (Å²) < 4.78 is 0. The number of nitrogens with zero attached hydrogens (tertiary/aromatic N) is 2. The largest absolute Gasteiger partial charge is 0.311 e. The molecule has 1 unspecified atom stereocenters. The van der Waals surface area contributed by atoms with Crippen molar-refractivity contribution in [3.63, 3.8) is 0 Å². The van der Waals surface area contributed by atoms with Crippen LogP contribution in [-0.2, 0) is 0 Å². The van der Waals surface area contributed by atoms with Gasteiger partial charge in [-0.05, 0) is 25.1 Å². The van der Waals surface area contributed by atoms with E-state index >= 15 is 0 Å². The van der Waals surface area contributed by atoms with E-state index in [0.29, 0.717) is 6.04 Å². The predicted molar refractivity (Wildman–Crippen MR) is 80.0 cm³/mol. The molecule has 0 aromatic rings. The van der Waals surface area contributed by atoms with Crippen LogP contribution in [0.15, 0.2) is 12.2 Å². The van der Waals surface area contributed by atoms with E-state index in [9.17, 15) is 0 Å². The molecule has 3 nitrogen and oxygen atoms in total. The summed E-state index contributed by atoms with van der Waals surface area (Å²) >= 11 is 0. The van der Waals surface area contributed by atoms with E-state index in [4.69, 9.17) is 0 Å². The number of hydrogen-bond donors (Lipinski definition) is 1. The van der Waals surface area contributed by atoms with Gasteiger partial charge < -0.3 is 5.32 Å². The van der Waals surface area contributed by atoms with Gasteiger partial charge in [0.1, 0.15) is 0 Å². The average molecular weight is 253 g/mol. The molecule has 1 rings (SSSR count). The van der Waals surface area contributed by atoms with Gasteiger partial charge >= 0.3 is 0 Å². The minimum Gasteiger partial charge on any atom is -0.311 e. The molecule has 0 aliphatic carbocycles. The maximum absolute atomic E-state index is 4.18. The first-order valence-corrected chi connectivity index (χ1v) is 7.43. The second-order valence-electron chi connectivity index (χ2n) is 5.68. The van der Waals surface area contributed by atoms with Gasteiger partial charge in [-0.3, -0.25) is 9.80 Å². The van der Waals surface area contributed by atoms with Gasteiger partial charge in [-0.25, -0.2) is 0 Å². The Morgan fingerprint density at radius 2 is 2.06 bits per heavy atom. The summed E-state index contributed by atoms with van der Waals surface area (Å²) in [6.45, 7) is 19.8. The van der Waals surface area contributed by atoms with Crippen LogP contribution in [0.3, 0.4) is 0 Å². The molecule has 0 saturated carbocycles. The standard InChI is InChI=1S/C15H31N3/c1-6-18(7-2)15-8-9-17(12-15)11-14(5)10-16-13(3)4/h13,15-16H,5-12H2,1-4H3. The van der Waals surface area contributed by atoms with Crippen LogP contribution in [-0.4, -0.2) is 61.2 Å². The lowest BCUT2D eigenvalue weighted by Crippen LogP contribution is -2.38. The smallest absolute Gasteiger partial charge is 0.0235 e. The highest BCUT2D eigenvalue weighted by Gasteiger charge is 2.25. The van der Waals surface area contributed by atoms with Crippen LogP contribution in [0.25, 0.3) is 0 Å². The third kappa shape index (κ3) is 5.09. The van der Waals surface area contributed by atoms with E-state index in [1.54, 1.807) is 0 Å². The van der Waals surface area contributed by atoms with Gasteiger partial charge in [0.05, 0.1) is 0 Å². The highest BCUT2D eigenvalue weighted by Crippen LogP contribution is 2.16. The number of hydrogen-bond acceptors (Lipinski definition) is 3. The van der Waals surface area contributed by atoms with E-state index in [2.05, 4.69) is 49.4 Å². The summed E-state index contributed by atoms with van der Waals surface area (Å²) in [6.07, 6.45) is 1.31. The summed E-state index contributed by atoms with van der Waals surface area (Å²) in [5.41, 5.74) is 1.31. The zero-order valence-corrected chi connectivity index (χ0v) is 12.7. The second kappa shape index (κ2) is 7.93. The quantitative estimate of drug-likeness (QED) is 0.667. The summed E-state index contributed by atoms with van der Waals surface area (Å²) in [5, 5.41) is 3.44. The first-order chi connectivity index (χ1) is 8.56. The molecule has 1 aliphatic rings. The molecule has 1 saturated heterocycles. The highest BCUT2D eigenvalue weighted by molar-refractivity contribution is 5.01. The van der Waals surface area contributed by atoms with Crippen LogP contribution in [0.2, 0.25) is 0 Å². The normalized spacial score (nSPS) is 21.1. The van der Waals surface area contributed by atoms with Gasteiger partial charge in [0.15, 0.2) is 0 Å². The molecule has 0 radical (unpaired) electrons. The number of nitrogens with one attached hydrogen (secondary N) is 1. The lowest BCUT2D eigenvalue weighted by atomic mass is 10.2. The Balaban J connectivity index is 2.27.